The molecule has 2 aromatic rings. The number of rotatable bonds is 6. The number of aromatic amines is 1. The zero-order chi connectivity index (χ0) is 13.7. The van der Waals surface area contributed by atoms with E-state index in [9.17, 15) is 0 Å². The molecule has 1 heterocycles. The van der Waals surface area contributed by atoms with Gasteiger partial charge in [-0.05, 0) is 24.6 Å². The van der Waals surface area contributed by atoms with Crippen molar-refractivity contribution in [3.63, 3.8) is 0 Å². The van der Waals surface area contributed by atoms with E-state index in [1.54, 1.807) is 6.33 Å². The topological polar surface area (TPSA) is 56.8 Å². The molecule has 0 radical (unpaired) electrons. The molecular formula is C14H21N5. The minimum Gasteiger partial charge on any atom is -0.378 e. The fourth-order valence-corrected chi connectivity index (χ4v) is 1.94. The highest BCUT2D eigenvalue weighted by atomic mass is 15.2. The van der Waals surface area contributed by atoms with E-state index >= 15 is 0 Å². The molecule has 1 unspecified atom stereocenters. The average molecular weight is 259 g/mol. The Balaban J connectivity index is 1.83. The normalized spacial score (nSPS) is 12.4. The molecule has 0 aliphatic rings. The van der Waals surface area contributed by atoms with Gasteiger partial charge in [-0.25, -0.2) is 4.98 Å². The predicted octanol–water partition coefficient (Wildman–Crippen LogP) is 1.76. The number of aromatic nitrogens is 3. The van der Waals surface area contributed by atoms with Crippen molar-refractivity contribution in [2.75, 3.05) is 25.5 Å². The summed E-state index contributed by atoms with van der Waals surface area (Å²) in [6.45, 7) is 3.05. The SMILES string of the molecule is CC(NCCc1ncn[nH]1)c1ccc(N(C)C)cc1. The van der Waals surface area contributed by atoms with Crippen molar-refractivity contribution in [2.45, 2.75) is 19.4 Å². The third kappa shape index (κ3) is 3.79. The fourth-order valence-electron chi connectivity index (χ4n) is 1.94. The Bertz CT molecular complexity index is 475. The lowest BCUT2D eigenvalue weighted by atomic mass is 10.1. The van der Waals surface area contributed by atoms with Crippen molar-refractivity contribution < 1.29 is 0 Å². The Hall–Kier alpha value is -1.88. The zero-order valence-corrected chi connectivity index (χ0v) is 11.7. The molecule has 0 fully saturated rings. The van der Waals surface area contributed by atoms with E-state index in [1.165, 1.54) is 11.3 Å². The van der Waals surface area contributed by atoms with E-state index in [0.29, 0.717) is 6.04 Å². The maximum atomic E-state index is 4.10. The van der Waals surface area contributed by atoms with E-state index in [0.717, 1.165) is 18.8 Å². The van der Waals surface area contributed by atoms with Gasteiger partial charge in [0.05, 0.1) is 0 Å². The summed E-state index contributed by atoms with van der Waals surface area (Å²) < 4.78 is 0. The van der Waals surface area contributed by atoms with Crippen LogP contribution in [0.1, 0.15) is 24.4 Å². The fraction of sp³-hybridized carbons (Fsp3) is 0.429. The van der Waals surface area contributed by atoms with Crippen LogP contribution < -0.4 is 10.2 Å². The van der Waals surface area contributed by atoms with Gasteiger partial charge in [0.2, 0.25) is 0 Å². The monoisotopic (exact) mass is 259 g/mol. The van der Waals surface area contributed by atoms with Gasteiger partial charge in [0, 0.05) is 38.8 Å². The van der Waals surface area contributed by atoms with E-state index in [-0.39, 0.29) is 0 Å². The first kappa shape index (κ1) is 13.5. The predicted molar refractivity (Wildman–Crippen MR) is 77.3 cm³/mol. The molecule has 1 atom stereocenters. The van der Waals surface area contributed by atoms with Crippen molar-refractivity contribution in [3.8, 4) is 0 Å². The van der Waals surface area contributed by atoms with Crippen LogP contribution in [-0.2, 0) is 6.42 Å². The quantitative estimate of drug-likeness (QED) is 0.830. The molecule has 19 heavy (non-hydrogen) atoms. The Morgan fingerprint density at radius 2 is 2.00 bits per heavy atom. The third-order valence-electron chi connectivity index (χ3n) is 3.19. The lowest BCUT2D eigenvalue weighted by molar-refractivity contribution is 0.570. The molecule has 0 aliphatic carbocycles. The first-order valence-corrected chi connectivity index (χ1v) is 6.51. The zero-order valence-electron chi connectivity index (χ0n) is 11.7. The van der Waals surface area contributed by atoms with Gasteiger partial charge in [-0.15, -0.1) is 0 Å². The number of benzene rings is 1. The van der Waals surface area contributed by atoms with Crippen molar-refractivity contribution >= 4 is 5.69 Å². The molecule has 2 N–H and O–H groups in total. The van der Waals surface area contributed by atoms with Crippen molar-refractivity contribution in [1.82, 2.24) is 20.5 Å². The van der Waals surface area contributed by atoms with Crippen LogP contribution in [0.5, 0.6) is 0 Å². The number of nitrogens with one attached hydrogen (secondary N) is 2. The molecular weight excluding hydrogens is 238 g/mol. The summed E-state index contributed by atoms with van der Waals surface area (Å²) >= 11 is 0. The highest BCUT2D eigenvalue weighted by molar-refractivity contribution is 5.46. The lowest BCUT2D eigenvalue weighted by Gasteiger charge is -2.16. The average Bonchev–Trinajstić information content (AvgIpc) is 2.92. The summed E-state index contributed by atoms with van der Waals surface area (Å²) in [5.74, 6) is 0.919. The molecule has 0 bridgehead atoms. The highest BCUT2D eigenvalue weighted by Crippen LogP contribution is 2.17. The summed E-state index contributed by atoms with van der Waals surface area (Å²) in [6.07, 6.45) is 2.40. The van der Waals surface area contributed by atoms with E-state index in [1.807, 2.05) is 14.1 Å². The largest absolute Gasteiger partial charge is 0.378 e. The number of anilines is 1. The molecule has 0 amide bonds. The second kappa shape index (κ2) is 6.33. The molecule has 0 aliphatic heterocycles. The van der Waals surface area contributed by atoms with Crippen LogP contribution in [-0.4, -0.2) is 35.8 Å². The molecule has 2 rings (SSSR count). The molecule has 1 aromatic heterocycles. The van der Waals surface area contributed by atoms with E-state index in [4.69, 9.17) is 0 Å². The van der Waals surface area contributed by atoms with E-state index < -0.39 is 0 Å². The number of nitrogens with zero attached hydrogens (tertiary/aromatic N) is 3. The van der Waals surface area contributed by atoms with Gasteiger partial charge < -0.3 is 10.2 Å². The lowest BCUT2D eigenvalue weighted by Crippen LogP contribution is -2.21. The molecule has 0 saturated carbocycles. The minimum atomic E-state index is 0.333. The summed E-state index contributed by atoms with van der Waals surface area (Å²) in [7, 11) is 4.10. The minimum absolute atomic E-state index is 0.333. The number of hydrogen-bond acceptors (Lipinski definition) is 4. The molecule has 0 saturated heterocycles. The second-order valence-electron chi connectivity index (χ2n) is 4.84. The van der Waals surface area contributed by atoms with Crippen molar-refractivity contribution in [3.05, 3.63) is 42.0 Å². The summed E-state index contributed by atoms with van der Waals surface area (Å²) in [6, 6.07) is 8.95. The van der Waals surface area contributed by atoms with Gasteiger partial charge in [0.1, 0.15) is 12.2 Å². The second-order valence-corrected chi connectivity index (χ2v) is 4.84. The van der Waals surface area contributed by atoms with Gasteiger partial charge in [0.15, 0.2) is 0 Å². The maximum Gasteiger partial charge on any atom is 0.137 e. The van der Waals surface area contributed by atoms with Crippen LogP contribution in [0.25, 0.3) is 0 Å². The third-order valence-corrected chi connectivity index (χ3v) is 3.19. The Kier molecular flexibility index (Phi) is 4.52. The van der Waals surface area contributed by atoms with Crippen LogP contribution in [0.4, 0.5) is 5.69 Å². The van der Waals surface area contributed by atoms with Gasteiger partial charge in [0.25, 0.3) is 0 Å². The van der Waals surface area contributed by atoms with Crippen molar-refractivity contribution in [2.24, 2.45) is 0 Å². The molecule has 5 nitrogen and oxygen atoms in total. The van der Waals surface area contributed by atoms with Crippen LogP contribution >= 0.6 is 0 Å². The summed E-state index contributed by atoms with van der Waals surface area (Å²) in [5, 5.41) is 10.2. The van der Waals surface area contributed by atoms with Gasteiger partial charge in [-0.3, -0.25) is 5.10 Å². The highest BCUT2D eigenvalue weighted by Gasteiger charge is 2.05. The summed E-state index contributed by atoms with van der Waals surface area (Å²) in [4.78, 5) is 6.21. The number of H-pyrrole nitrogens is 1. The van der Waals surface area contributed by atoms with Crippen LogP contribution in [0.2, 0.25) is 0 Å². The van der Waals surface area contributed by atoms with Crippen LogP contribution in [0, 0.1) is 0 Å². The van der Waals surface area contributed by atoms with Crippen molar-refractivity contribution in [1.29, 1.82) is 0 Å². The Labute approximate surface area is 114 Å². The Morgan fingerprint density at radius 3 is 2.58 bits per heavy atom. The molecule has 5 heteroatoms. The van der Waals surface area contributed by atoms with Crippen LogP contribution in [0.15, 0.2) is 30.6 Å². The van der Waals surface area contributed by atoms with Gasteiger partial charge in [-0.2, -0.15) is 5.10 Å². The molecule has 0 spiro atoms. The number of hydrogen-bond donors (Lipinski definition) is 2. The van der Waals surface area contributed by atoms with Crippen LogP contribution in [0.3, 0.4) is 0 Å². The molecule has 1 aromatic carbocycles. The summed E-state index contributed by atoms with van der Waals surface area (Å²) in [5.41, 5.74) is 2.51. The van der Waals surface area contributed by atoms with Gasteiger partial charge in [-0.1, -0.05) is 12.1 Å². The maximum absolute atomic E-state index is 4.10. The Morgan fingerprint density at radius 1 is 1.26 bits per heavy atom. The standard InChI is InChI=1S/C14H21N5/c1-11(15-9-8-14-16-10-17-18-14)12-4-6-13(7-5-12)19(2)3/h4-7,10-11,15H,8-9H2,1-3H3,(H,16,17,18). The smallest absolute Gasteiger partial charge is 0.137 e. The van der Waals surface area contributed by atoms with E-state index in [2.05, 4.69) is 56.6 Å². The first-order chi connectivity index (χ1) is 9.16. The molecule has 102 valence electrons. The van der Waals surface area contributed by atoms with Gasteiger partial charge >= 0.3 is 0 Å². The first-order valence-electron chi connectivity index (χ1n) is 6.51.